The number of anilines is 1. The third-order valence-electron chi connectivity index (χ3n) is 5.96. The van der Waals surface area contributed by atoms with Gasteiger partial charge in [-0.1, -0.05) is 76.6 Å². The molecule has 2 amide bonds. The molecular formula is C28H32BrN3O4S. The highest BCUT2D eigenvalue weighted by molar-refractivity contribution is 9.10. The van der Waals surface area contributed by atoms with Crippen LogP contribution in [0.2, 0.25) is 0 Å². The van der Waals surface area contributed by atoms with Crippen molar-refractivity contribution in [2.75, 3.05) is 24.2 Å². The van der Waals surface area contributed by atoms with E-state index in [1.54, 1.807) is 36.2 Å². The first-order valence-electron chi connectivity index (χ1n) is 12.0. The van der Waals surface area contributed by atoms with Crippen molar-refractivity contribution in [3.05, 3.63) is 101 Å². The summed E-state index contributed by atoms with van der Waals surface area (Å²) in [5.74, 6) is -0.472. The van der Waals surface area contributed by atoms with Gasteiger partial charge in [-0.05, 0) is 41.8 Å². The molecule has 3 aromatic carbocycles. The molecule has 0 aliphatic rings. The molecule has 196 valence electrons. The van der Waals surface area contributed by atoms with Crippen molar-refractivity contribution in [3.8, 4) is 0 Å². The Morgan fingerprint density at radius 1 is 0.919 bits per heavy atom. The van der Waals surface area contributed by atoms with Crippen molar-refractivity contribution >= 4 is 43.5 Å². The first-order valence-corrected chi connectivity index (χ1v) is 14.7. The summed E-state index contributed by atoms with van der Waals surface area (Å²) in [5.41, 5.74) is 2.37. The predicted octanol–water partition coefficient (Wildman–Crippen LogP) is 4.38. The van der Waals surface area contributed by atoms with Crippen LogP contribution >= 0.6 is 15.9 Å². The molecule has 37 heavy (non-hydrogen) atoms. The normalized spacial score (nSPS) is 12.0. The summed E-state index contributed by atoms with van der Waals surface area (Å²) in [4.78, 5) is 28.2. The highest BCUT2D eigenvalue weighted by Gasteiger charge is 2.30. The number of amides is 2. The average Bonchev–Trinajstić information content (AvgIpc) is 2.88. The molecule has 9 heteroatoms. The third kappa shape index (κ3) is 8.43. The molecule has 1 unspecified atom stereocenters. The Balaban J connectivity index is 1.83. The Kier molecular flexibility index (Phi) is 10.3. The molecule has 0 radical (unpaired) electrons. The van der Waals surface area contributed by atoms with Gasteiger partial charge < -0.3 is 10.2 Å². The van der Waals surface area contributed by atoms with Gasteiger partial charge in [0.05, 0.1) is 11.9 Å². The predicted molar refractivity (Wildman–Crippen MR) is 151 cm³/mol. The number of sulfonamides is 1. The van der Waals surface area contributed by atoms with E-state index in [0.717, 1.165) is 21.9 Å². The van der Waals surface area contributed by atoms with Crippen molar-refractivity contribution < 1.29 is 18.0 Å². The third-order valence-corrected chi connectivity index (χ3v) is 7.64. The van der Waals surface area contributed by atoms with Gasteiger partial charge in [-0.25, -0.2) is 8.42 Å². The lowest BCUT2D eigenvalue weighted by Gasteiger charge is -2.31. The number of halogens is 1. The maximum Gasteiger partial charge on any atom is 0.242 e. The smallest absolute Gasteiger partial charge is 0.242 e. The summed E-state index contributed by atoms with van der Waals surface area (Å²) < 4.78 is 27.0. The van der Waals surface area contributed by atoms with Crippen LogP contribution in [0, 0.1) is 0 Å². The van der Waals surface area contributed by atoms with Gasteiger partial charge in [0, 0.05) is 37.5 Å². The molecule has 0 bridgehead atoms. The zero-order chi connectivity index (χ0) is 26.8. The monoisotopic (exact) mass is 585 g/mol. The summed E-state index contributed by atoms with van der Waals surface area (Å²) in [6.07, 6.45) is 1.92. The van der Waals surface area contributed by atoms with Crippen molar-refractivity contribution in [3.63, 3.8) is 0 Å². The largest absolute Gasteiger partial charge is 0.357 e. The standard InChI is InChI=1S/C28H32BrN3O4S/c1-30-28(34)26(20-22-11-5-3-6-12-22)31(21-23-13-9-14-24(29)19-23)27(33)17-10-18-32(37(2,35)36)25-15-7-4-8-16-25/h3-9,11-16,19,26H,10,17-18,20-21H2,1-2H3,(H,30,34). The molecule has 0 aliphatic heterocycles. The molecule has 7 nitrogen and oxygen atoms in total. The molecule has 1 atom stereocenters. The minimum absolute atomic E-state index is 0.0924. The van der Waals surface area contributed by atoms with Crippen LogP contribution in [-0.4, -0.2) is 51.0 Å². The number of para-hydroxylation sites is 1. The SMILES string of the molecule is CNC(=O)C(Cc1ccccc1)N(Cc1cccc(Br)c1)C(=O)CCCN(c1ccccc1)S(C)(=O)=O. The van der Waals surface area contributed by atoms with E-state index in [-0.39, 0.29) is 31.3 Å². The first-order chi connectivity index (χ1) is 17.7. The summed E-state index contributed by atoms with van der Waals surface area (Å²) in [5, 5.41) is 2.70. The van der Waals surface area contributed by atoms with Crippen LogP contribution in [0.25, 0.3) is 0 Å². The fourth-order valence-corrected chi connectivity index (χ4v) is 5.56. The number of carbonyl (C=O) groups excluding carboxylic acids is 2. The fourth-order valence-electron chi connectivity index (χ4n) is 4.15. The van der Waals surface area contributed by atoms with E-state index in [9.17, 15) is 18.0 Å². The van der Waals surface area contributed by atoms with Gasteiger partial charge in [-0.15, -0.1) is 0 Å². The van der Waals surface area contributed by atoms with E-state index in [1.165, 1.54) is 4.31 Å². The zero-order valence-corrected chi connectivity index (χ0v) is 23.4. The minimum Gasteiger partial charge on any atom is -0.357 e. The minimum atomic E-state index is -3.52. The maximum atomic E-state index is 13.6. The second kappa shape index (κ2) is 13.4. The van der Waals surface area contributed by atoms with Gasteiger partial charge in [0.2, 0.25) is 21.8 Å². The lowest BCUT2D eigenvalue weighted by Crippen LogP contribution is -2.49. The number of carbonyl (C=O) groups is 2. The molecule has 3 rings (SSSR count). The molecule has 0 heterocycles. The quantitative estimate of drug-likeness (QED) is 0.342. The molecule has 0 spiro atoms. The van der Waals surface area contributed by atoms with Gasteiger partial charge in [0.1, 0.15) is 6.04 Å². The van der Waals surface area contributed by atoms with Crippen LogP contribution in [0.3, 0.4) is 0 Å². The molecule has 0 fully saturated rings. The molecule has 0 saturated carbocycles. The number of hydrogen-bond acceptors (Lipinski definition) is 4. The second-order valence-corrected chi connectivity index (χ2v) is 11.6. The highest BCUT2D eigenvalue weighted by atomic mass is 79.9. The van der Waals surface area contributed by atoms with Crippen LogP contribution in [0.15, 0.2) is 89.4 Å². The van der Waals surface area contributed by atoms with Crippen molar-refractivity contribution in [1.82, 2.24) is 10.2 Å². The van der Waals surface area contributed by atoms with Crippen LogP contribution in [-0.2, 0) is 32.6 Å². The summed E-state index contributed by atoms with van der Waals surface area (Å²) in [7, 11) is -1.96. The number of hydrogen-bond donors (Lipinski definition) is 1. The molecule has 0 aromatic heterocycles. The number of nitrogens with one attached hydrogen (secondary N) is 1. The van der Waals surface area contributed by atoms with E-state index in [2.05, 4.69) is 21.2 Å². The Morgan fingerprint density at radius 2 is 1.54 bits per heavy atom. The Labute approximate surface area is 227 Å². The molecule has 0 saturated heterocycles. The fraction of sp³-hybridized carbons (Fsp3) is 0.286. The van der Waals surface area contributed by atoms with Gasteiger partial charge in [0.25, 0.3) is 0 Å². The maximum absolute atomic E-state index is 13.6. The molecular weight excluding hydrogens is 554 g/mol. The van der Waals surface area contributed by atoms with Crippen LogP contribution in [0.5, 0.6) is 0 Å². The van der Waals surface area contributed by atoms with Crippen LogP contribution < -0.4 is 9.62 Å². The second-order valence-electron chi connectivity index (χ2n) is 8.75. The number of nitrogens with zero attached hydrogens (tertiary/aromatic N) is 2. The van der Waals surface area contributed by atoms with E-state index in [4.69, 9.17) is 0 Å². The first kappa shape index (κ1) is 28.4. The Hall–Kier alpha value is -3.17. The number of likely N-dealkylation sites (N-methyl/N-ethyl adjacent to an activating group) is 1. The molecule has 3 aromatic rings. The van der Waals surface area contributed by atoms with Crippen LogP contribution in [0.1, 0.15) is 24.0 Å². The summed E-state index contributed by atoms with van der Waals surface area (Å²) in [6.45, 7) is 0.403. The number of benzene rings is 3. The number of rotatable bonds is 12. The lowest BCUT2D eigenvalue weighted by atomic mass is 10.0. The highest BCUT2D eigenvalue weighted by Crippen LogP contribution is 2.21. The van der Waals surface area contributed by atoms with Gasteiger partial charge in [-0.3, -0.25) is 13.9 Å². The van der Waals surface area contributed by atoms with Crippen molar-refractivity contribution in [1.29, 1.82) is 0 Å². The molecule has 0 aliphatic carbocycles. The Morgan fingerprint density at radius 3 is 2.14 bits per heavy atom. The van der Waals surface area contributed by atoms with Crippen molar-refractivity contribution in [2.45, 2.75) is 31.8 Å². The van der Waals surface area contributed by atoms with Crippen molar-refractivity contribution in [2.24, 2.45) is 0 Å². The van der Waals surface area contributed by atoms with E-state index in [1.807, 2.05) is 60.7 Å². The van der Waals surface area contributed by atoms with Gasteiger partial charge in [0.15, 0.2) is 0 Å². The van der Waals surface area contributed by atoms with E-state index >= 15 is 0 Å². The molecule has 1 N–H and O–H groups in total. The van der Waals surface area contributed by atoms with E-state index in [0.29, 0.717) is 18.5 Å². The Bertz CT molecular complexity index is 1290. The zero-order valence-electron chi connectivity index (χ0n) is 21.0. The van der Waals surface area contributed by atoms with Gasteiger partial charge >= 0.3 is 0 Å². The lowest BCUT2D eigenvalue weighted by molar-refractivity contribution is -0.141. The average molecular weight is 587 g/mol. The van der Waals surface area contributed by atoms with Gasteiger partial charge in [-0.2, -0.15) is 0 Å². The summed E-state index contributed by atoms with van der Waals surface area (Å²) in [6, 6.07) is 25.3. The summed E-state index contributed by atoms with van der Waals surface area (Å²) >= 11 is 3.48. The topological polar surface area (TPSA) is 86.8 Å². The van der Waals surface area contributed by atoms with E-state index < -0.39 is 16.1 Å². The van der Waals surface area contributed by atoms with Crippen LogP contribution in [0.4, 0.5) is 5.69 Å².